The van der Waals surface area contributed by atoms with E-state index in [1.807, 2.05) is 0 Å². The first kappa shape index (κ1) is 17.1. The number of pyridine rings is 1. The molecule has 3 aromatic heterocycles. The topological polar surface area (TPSA) is 80.3 Å². The van der Waals surface area contributed by atoms with Crippen molar-refractivity contribution in [2.75, 3.05) is 31.2 Å². The second-order valence-electron chi connectivity index (χ2n) is 7.45. The van der Waals surface area contributed by atoms with Gasteiger partial charge in [0.1, 0.15) is 15.3 Å². The van der Waals surface area contributed by atoms with E-state index in [1.165, 1.54) is 23.2 Å². The van der Waals surface area contributed by atoms with Gasteiger partial charge in [0, 0.05) is 30.5 Å². The molecule has 0 amide bonds. The number of morpholine rings is 1. The average molecular weight is 386 g/mol. The molecule has 1 saturated heterocycles. The van der Waals surface area contributed by atoms with Crippen LogP contribution in [0.15, 0.2) is 11.1 Å². The van der Waals surface area contributed by atoms with Crippen LogP contribution in [-0.4, -0.2) is 46.9 Å². The highest BCUT2D eigenvalue weighted by atomic mass is 32.1. The highest BCUT2D eigenvalue weighted by Gasteiger charge is 2.35. The van der Waals surface area contributed by atoms with Crippen LogP contribution in [-0.2, 0) is 22.5 Å². The van der Waals surface area contributed by atoms with Gasteiger partial charge < -0.3 is 19.4 Å². The fourth-order valence-corrected chi connectivity index (χ4v) is 5.04. The summed E-state index contributed by atoms with van der Waals surface area (Å²) in [6.07, 6.45) is 3.21. The number of anilines is 1. The molecule has 0 bridgehead atoms. The Balaban J connectivity index is 1.82. The van der Waals surface area contributed by atoms with Gasteiger partial charge in [0.05, 0.1) is 37.3 Å². The first-order chi connectivity index (χ1) is 13.1. The molecule has 8 heteroatoms. The summed E-state index contributed by atoms with van der Waals surface area (Å²) in [5.41, 5.74) is 2.82. The molecule has 0 saturated carbocycles. The average Bonchev–Trinajstić information content (AvgIpc) is 3.08. The molecular weight excluding hydrogens is 364 g/mol. The third-order valence-electron chi connectivity index (χ3n) is 5.78. The number of ether oxygens (including phenoxy) is 2. The van der Waals surface area contributed by atoms with Crippen LogP contribution < -0.4 is 10.5 Å². The number of fused-ring (bicyclic) bond motifs is 5. The fourth-order valence-electron chi connectivity index (χ4n) is 3.99. The van der Waals surface area contributed by atoms with Crippen LogP contribution in [0.4, 0.5) is 5.82 Å². The van der Waals surface area contributed by atoms with Gasteiger partial charge in [-0.05, 0) is 18.9 Å². The molecule has 0 aromatic carbocycles. The van der Waals surface area contributed by atoms with Crippen LogP contribution in [0.2, 0.25) is 0 Å². The Morgan fingerprint density at radius 2 is 2.15 bits per heavy atom. The maximum atomic E-state index is 12.3. The molecule has 1 atom stereocenters. The number of aromatic nitrogens is 3. The Kier molecular flexibility index (Phi) is 3.96. The lowest BCUT2D eigenvalue weighted by atomic mass is 9.87. The van der Waals surface area contributed by atoms with E-state index >= 15 is 0 Å². The molecule has 2 aliphatic heterocycles. The normalized spacial score (nSPS) is 23.1. The van der Waals surface area contributed by atoms with E-state index in [4.69, 9.17) is 14.5 Å². The van der Waals surface area contributed by atoms with Gasteiger partial charge in [-0.2, -0.15) is 0 Å². The van der Waals surface area contributed by atoms with Crippen molar-refractivity contribution in [1.29, 1.82) is 0 Å². The standard InChI is InChI=1S/C19H22N4O3S/c1-3-19(2)8-11-12(9-26-19)16(23-4-6-25-7-5-23)22-18-13(11)14-15(27-18)17(24)21-10-20-14/h10H,3-9H2,1-2H3,(H,20,21,24). The van der Waals surface area contributed by atoms with Crippen molar-refractivity contribution in [2.24, 2.45) is 0 Å². The number of rotatable bonds is 2. The Morgan fingerprint density at radius 1 is 1.33 bits per heavy atom. The van der Waals surface area contributed by atoms with Crippen LogP contribution in [0.25, 0.3) is 20.4 Å². The van der Waals surface area contributed by atoms with E-state index in [1.54, 1.807) is 0 Å². The van der Waals surface area contributed by atoms with Crippen LogP contribution in [0.1, 0.15) is 31.4 Å². The predicted octanol–water partition coefficient (Wildman–Crippen LogP) is 2.61. The molecule has 3 aromatic rings. The molecule has 5 heterocycles. The zero-order chi connectivity index (χ0) is 18.6. The zero-order valence-electron chi connectivity index (χ0n) is 15.5. The summed E-state index contributed by atoms with van der Waals surface area (Å²) in [4.78, 5) is 27.6. The third-order valence-corrected chi connectivity index (χ3v) is 6.85. The van der Waals surface area contributed by atoms with Gasteiger partial charge in [-0.1, -0.05) is 6.92 Å². The van der Waals surface area contributed by atoms with E-state index in [2.05, 4.69) is 28.7 Å². The minimum atomic E-state index is -0.209. The number of H-pyrrole nitrogens is 1. The van der Waals surface area contributed by atoms with Gasteiger partial charge in [-0.25, -0.2) is 9.97 Å². The first-order valence-electron chi connectivity index (χ1n) is 9.38. The maximum Gasteiger partial charge on any atom is 0.268 e. The van der Waals surface area contributed by atoms with E-state index in [0.29, 0.717) is 24.5 Å². The highest BCUT2D eigenvalue weighted by Crippen LogP contribution is 2.42. The van der Waals surface area contributed by atoms with Gasteiger partial charge in [0.15, 0.2) is 0 Å². The minimum Gasteiger partial charge on any atom is -0.378 e. The van der Waals surface area contributed by atoms with Gasteiger partial charge in [-0.15, -0.1) is 11.3 Å². The van der Waals surface area contributed by atoms with Crippen LogP contribution >= 0.6 is 11.3 Å². The number of hydrogen-bond acceptors (Lipinski definition) is 7. The van der Waals surface area contributed by atoms with E-state index in [-0.39, 0.29) is 11.2 Å². The molecule has 1 unspecified atom stereocenters. The molecular formula is C19H22N4O3S. The van der Waals surface area contributed by atoms with E-state index in [0.717, 1.165) is 53.0 Å². The summed E-state index contributed by atoms with van der Waals surface area (Å²) in [6.45, 7) is 7.90. The number of aromatic amines is 1. The van der Waals surface area contributed by atoms with Gasteiger partial charge in [0.25, 0.3) is 5.56 Å². The quantitative estimate of drug-likeness (QED) is 0.729. The maximum absolute atomic E-state index is 12.3. The predicted molar refractivity (Wildman–Crippen MR) is 106 cm³/mol. The largest absolute Gasteiger partial charge is 0.378 e. The zero-order valence-corrected chi connectivity index (χ0v) is 16.3. The Hall–Kier alpha value is -2.03. The molecule has 1 N–H and O–H groups in total. The fraction of sp³-hybridized carbons (Fsp3) is 0.526. The van der Waals surface area contributed by atoms with Crippen molar-refractivity contribution < 1.29 is 9.47 Å². The third kappa shape index (κ3) is 2.66. The second-order valence-corrected chi connectivity index (χ2v) is 8.45. The smallest absolute Gasteiger partial charge is 0.268 e. The van der Waals surface area contributed by atoms with Crippen molar-refractivity contribution in [3.63, 3.8) is 0 Å². The molecule has 1 fully saturated rings. The lowest BCUT2D eigenvalue weighted by Crippen LogP contribution is -2.40. The van der Waals surface area contributed by atoms with Crippen molar-refractivity contribution in [1.82, 2.24) is 15.0 Å². The first-order valence-corrected chi connectivity index (χ1v) is 10.2. The van der Waals surface area contributed by atoms with Gasteiger partial charge in [-0.3, -0.25) is 4.79 Å². The van der Waals surface area contributed by atoms with Crippen molar-refractivity contribution in [3.05, 3.63) is 27.8 Å². The monoisotopic (exact) mass is 386 g/mol. The SMILES string of the molecule is CCC1(C)Cc2c(c(N3CCOCC3)nc3sc4c(=O)[nH]cnc4c23)CO1. The summed E-state index contributed by atoms with van der Waals surface area (Å²) in [6, 6.07) is 0. The van der Waals surface area contributed by atoms with E-state index in [9.17, 15) is 4.79 Å². The second kappa shape index (κ2) is 6.25. The molecule has 0 aliphatic carbocycles. The summed E-state index contributed by atoms with van der Waals surface area (Å²) < 4.78 is 12.4. The molecule has 142 valence electrons. The van der Waals surface area contributed by atoms with Gasteiger partial charge in [0.2, 0.25) is 0 Å². The lowest BCUT2D eigenvalue weighted by Gasteiger charge is -2.37. The van der Waals surface area contributed by atoms with Crippen molar-refractivity contribution in [3.8, 4) is 0 Å². The van der Waals surface area contributed by atoms with Crippen LogP contribution in [0.3, 0.4) is 0 Å². The molecule has 0 radical (unpaired) electrons. The Bertz CT molecular complexity index is 1090. The van der Waals surface area contributed by atoms with Crippen molar-refractivity contribution >= 4 is 37.6 Å². The Morgan fingerprint density at radius 3 is 2.93 bits per heavy atom. The van der Waals surface area contributed by atoms with Gasteiger partial charge >= 0.3 is 0 Å². The minimum absolute atomic E-state index is 0.102. The van der Waals surface area contributed by atoms with Crippen LogP contribution in [0.5, 0.6) is 0 Å². The van der Waals surface area contributed by atoms with Crippen LogP contribution in [0, 0.1) is 0 Å². The molecule has 5 rings (SSSR count). The molecule has 2 aliphatic rings. The number of nitrogens with one attached hydrogen (secondary N) is 1. The summed E-state index contributed by atoms with van der Waals surface area (Å²) in [5, 5.41) is 1.02. The number of nitrogens with zero attached hydrogens (tertiary/aromatic N) is 3. The van der Waals surface area contributed by atoms with Crippen molar-refractivity contribution in [2.45, 2.75) is 38.9 Å². The molecule has 7 nitrogen and oxygen atoms in total. The summed E-state index contributed by atoms with van der Waals surface area (Å²) in [5.74, 6) is 0.974. The summed E-state index contributed by atoms with van der Waals surface area (Å²) >= 11 is 1.43. The summed E-state index contributed by atoms with van der Waals surface area (Å²) in [7, 11) is 0. The molecule has 27 heavy (non-hydrogen) atoms. The number of thiophene rings is 1. The molecule has 0 spiro atoms. The lowest BCUT2D eigenvalue weighted by molar-refractivity contribution is -0.0558. The number of hydrogen-bond donors (Lipinski definition) is 1. The Labute approximate surface area is 160 Å². The van der Waals surface area contributed by atoms with E-state index < -0.39 is 0 Å². The highest BCUT2D eigenvalue weighted by molar-refractivity contribution is 7.25.